The highest BCUT2D eigenvalue weighted by Crippen LogP contribution is 2.49. The van der Waals surface area contributed by atoms with E-state index >= 15 is 0 Å². The van der Waals surface area contributed by atoms with Gasteiger partial charge in [0.1, 0.15) is 11.4 Å². The van der Waals surface area contributed by atoms with Gasteiger partial charge in [-0.3, -0.25) is 24.1 Å². The lowest BCUT2D eigenvalue weighted by Gasteiger charge is -2.53. The van der Waals surface area contributed by atoms with Crippen LogP contribution >= 0.6 is 11.6 Å². The first-order chi connectivity index (χ1) is 27.3. The van der Waals surface area contributed by atoms with E-state index in [2.05, 4.69) is 63.1 Å². The van der Waals surface area contributed by atoms with Crippen molar-refractivity contribution in [2.45, 2.75) is 74.7 Å². The zero-order valence-corrected chi connectivity index (χ0v) is 35.5. The van der Waals surface area contributed by atoms with Gasteiger partial charge in [0.25, 0.3) is 5.91 Å². The molecule has 6 aliphatic rings. The van der Waals surface area contributed by atoms with Crippen molar-refractivity contribution in [3.63, 3.8) is 0 Å². The second kappa shape index (κ2) is 16.0. The third kappa shape index (κ3) is 7.79. The van der Waals surface area contributed by atoms with E-state index < -0.39 is 15.3 Å². The molecule has 2 aliphatic carbocycles. The molecule has 57 heavy (non-hydrogen) atoms. The second-order valence-corrected chi connectivity index (χ2v) is 20.6. The summed E-state index contributed by atoms with van der Waals surface area (Å²) in [5.41, 5.74) is 3.10. The number of amides is 2. The van der Waals surface area contributed by atoms with Gasteiger partial charge in [-0.15, -0.1) is 0 Å². The molecule has 2 aromatic rings. The zero-order chi connectivity index (χ0) is 40.1. The number of allylic oxidation sites excluding steroid dienone is 1. The Morgan fingerprint density at radius 2 is 1.93 bits per heavy atom. The van der Waals surface area contributed by atoms with Crippen molar-refractivity contribution in [3.8, 4) is 5.75 Å². The summed E-state index contributed by atoms with van der Waals surface area (Å²) in [6.45, 7) is 15.6. The van der Waals surface area contributed by atoms with Gasteiger partial charge in [0, 0.05) is 93.3 Å². The molecule has 12 heteroatoms. The Balaban J connectivity index is 1.16. The fourth-order valence-electron chi connectivity index (χ4n) is 10.7. The van der Waals surface area contributed by atoms with Crippen molar-refractivity contribution >= 4 is 44.7 Å². The number of halogens is 1. The van der Waals surface area contributed by atoms with Crippen LogP contribution in [0.1, 0.15) is 67.4 Å². The van der Waals surface area contributed by atoms with Gasteiger partial charge >= 0.3 is 0 Å². The Kier molecular flexibility index (Phi) is 11.4. The quantitative estimate of drug-likeness (QED) is 0.243. The van der Waals surface area contributed by atoms with E-state index in [0.29, 0.717) is 31.1 Å². The smallest absolute Gasteiger partial charge is 0.262 e. The van der Waals surface area contributed by atoms with E-state index in [1.165, 1.54) is 17.2 Å². The number of piperazine rings is 2. The predicted octanol–water partition coefficient (Wildman–Crippen LogP) is 5.58. The van der Waals surface area contributed by atoms with Gasteiger partial charge in [-0.2, -0.15) is 0 Å². The molecule has 308 valence electrons. The number of nitrogens with zero attached hydrogens (tertiary/aromatic N) is 4. The molecule has 1 N–H and O–H groups in total. The SMILES string of the molecule is C=CC(=O)N1CCN2CCN(C[C@]3(OC)/C=C/C[C@H](C)[C@@H](C)S(=C)(=O)NC(=O)c4ccc5c(c4)N(C[C@@H]4CC[C@H]43)C[C@@]3(CCCc4cc(Cl)ccc43)CO5)C[C@H]2C1. The molecule has 10 nitrogen and oxygen atoms in total. The first-order valence-corrected chi connectivity index (χ1v) is 23.1. The molecule has 3 fully saturated rings. The Morgan fingerprint density at radius 3 is 2.70 bits per heavy atom. The van der Waals surface area contributed by atoms with Crippen LogP contribution in [0, 0.1) is 17.8 Å². The van der Waals surface area contributed by atoms with E-state index in [-0.39, 0.29) is 40.4 Å². The molecule has 1 unspecified atom stereocenters. The van der Waals surface area contributed by atoms with Crippen LogP contribution in [0.25, 0.3) is 0 Å². The fraction of sp³-hybridized carbons (Fsp3) is 0.578. The predicted molar refractivity (Wildman–Crippen MR) is 230 cm³/mol. The van der Waals surface area contributed by atoms with Crippen molar-refractivity contribution in [2.24, 2.45) is 17.8 Å². The number of carbonyl (C=O) groups is 2. The molecule has 2 saturated heterocycles. The van der Waals surface area contributed by atoms with Crippen LogP contribution in [0.3, 0.4) is 0 Å². The number of aryl methyl sites for hydroxylation is 1. The van der Waals surface area contributed by atoms with Gasteiger partial charge in [0.2, 0.25) is 5.91 Å². The molecule has 4 aliphatic heterocycles. The van der Waals surface area contributed by atoms with Crippen molar-refractivity contribution in [1.82, 2.24) is 19.4 Å². The molecule has 2 aromatic carbocycles. The highest BCUT2D eigenvalue weighted by atomic mass is 35.5. The van der Waals surface area contributed by atoms with Crippen molar-refractivity contribution in [2.75, 3.05) is 77.5 Å². The summed E-state index contributed by atoms with van der Waals surface area (Å²) in [4.78, 5) is 36.0. The number of rotatable bonds is 4. The van der Waals surface area contributed by atoms with Crippen LogP contribution in [0.4, 0.5) is 5.69 Å². The molecule has 2 amide bonds. The molecule has 4 heterocycles. The Hall–Kier alpha value is -3.35. The Labute approximate surface area is 344 Å². The summed E-state index contributed by atoms with van der Waals surface area (Å²) >= 11 is 6.54. The molecule has 1 saturated carbocycles. The second-order valence-electron chi connectivity index (χ2n) is 17.8. The highest BCUT2D eigenvalue weighted by Gasteiger charge is 2.50. The van der Waals surface area contributed by atoms with E-state index in [1.54, 1.807) is 6.07 Å². The van der Waals surface area contributed by atoms with Crippen LogP contribution in [0.5, 0.6) is 5.75 Å². The summed E-state index contributed by atoms with van der Waals surface area (Å²) in [5, 5.41) is 0.386. The number of methoxy groups -OCH3 is 1. The number of carbonyl (C=O) groups excluding carboxylic acids is 2. The first kappa shape index (κ1) is 40.4. The summed E-state index contributed by atoms with van der Waals surface area (Å²) in [5.74, 6) is 5.01. The average Bonchev–Trinajstić information content (AvgIpc) is 3.34. The standard InChI is InChI=1S/C45H60ClN5O5S/c1-6-42(52)50-22-21-49-20-19-48(26-37(49)27-50)29-45(55-4)18-7-9-31(2)32(3)57(5,54)47-43(53)34-12-16-41-40(24-34)51(25-35-11-14-39(35)45)28-44(30-56-41)17-8-10-33-23-36(46)13-15-38(33)44/h6-7,12-13,15-16,18,23-24,31-32,35,37,39H,1,5,8-11,14,17,19-22,25-30H2,2-4H3,(H,47,53,54)/b18-7+/t31-,32+,35-,37-,39+,44-,45+,57?/m0/s1. The summed E-state index contributed by atoms with van der Waals surface area (Å²) < 4.78 is 30.5. The molecule has 1 spiro atoms. The van der Waals surface area contributed by atoms with Crippen LogP contribution in [-0.4, -0.2) is 126 Å². The number of benzene rings is 2. The lowest BCUT2D eigenvalue weighted by molar-refractivity contribution is -0.131. The number of hydrogen-bond acceptors (Lipinski definition) is 8. The monoisotopic (exact) mass is 817 g/mol. The Morgan fingerprint density at radius 1 is 1.11 bits per heavy atom. The van der Waals surface area contributed by atoms with E-state index in [0.717, 1.165) is 101 Å². The maximum Gasteiger partial charge on any atom is 0.262 e. The Bertz CT molecular complexity index is 2030. The van der Waals surface area contributed by atoms with Gasteiger partial charge in [-0.1, -0.05) is 43.3 Å². The van der Waals surface area contributed by atoms with Crippen LogP contribution in [0.2, 0.25) is 5.02 Å². The van der Waals surface area contributed by atoms with Gasteiger partial charge in [-0.25, -0.2) is 4.21 Å². The molecule has 2 bridgehead atoms. The molecule has 8 rings (SSSR count). The first-order valence-electron chi connectivity index (χ1n) is 20.9. The molecule has 8 atom stereocenters. The number of fused-ring (bicyclic) bond motifs is 5. The lowest BCUT2D eigenvalue weighted by Crippen LogP contribution is -2.65. The third-order valence-corrected chi connectivity index (χ3v) is 16.9. The summed E-state index contributed by atoms with van der Waals surface area (Å²) in [6.07, 6.45) is 11.8. The molecular formula is C45H60ClN5O5S. The van der Waals surface area contributed by atoms with Crippen LogP contribution in [0.15, 0.2) is 61.2 Å². The molecule has 0 aromatic heterocycles. The fourth-order valence-corrected chi connectivity index (χ4v) is 12.4. The van der Waals surface area contributed by atoms with E-state index in [9.17, 15) is 13.8 Å². The molecular weight excluding hydrogens is 758 g/mol. The maximum atomic E-state index is 14.1. The minimum atomic E-state index is -2.99. The van der Waals surface area contributed by atoms with Crippen molar-refractivity contribution < 1.29 is 23.3 Å². The largest absolute Gasteiger partial charge is 0.490 e. The van der Waals surface area contributed by atoms with Crippen LogP contribution < -0.4 is 14.4 Å². The normalized spacial score (nSPS) is 35.4. The number of ether oxygens (including phenoxy) is 2. The summed E-state index contributed by atoms with van der Waals surface area (Å²) in [6, 6.07) is 12.2. The lowest BCUT2D eigenvalue weighted by atomic mass is 9.63. The van der Waals surface area contributed by atoms with Gasteiger partial charge in [-0.05, 0) is 117 Å². The highest BCUT2D eigenvalue weighted by molar-refractivity contribution is 7.99. The third-order valence-electron chi connectivity index (χ3n) is 14.5. The number of anilines is 1. The van der Waals surface area contributed by atoms with E-state index in [1.807, 2.05) is 37.1 Å². The van der Waals surface area contributed by atoms with Crippen LogP contribution in [-0.2, 0) is 31.1 Å². The minimum Gasteiger partial charge on any atom is -0.490 e. The number of nitrogens with one attached hydrogen (secondary N) is 1. The minimum absolute atomic E-state index is 0.00180. The zero-order valence-electron chi connectivity index (χ0n) is 33.9. The average molecular weight is 819 g/mol. The summed E-state index contributed by atoms with van der Waals surface area (Å²) in [7, 11) is -1.13. The van der Waals surface area contributed by atoms with Gasteiger partial charge in [0.15, 0.2) is 0 Å². The van der Waals surface area contributed by atoms with E-state index in [4.69, 9.17) is 21.1 Å². The van der Waals surface area contributed by atoms with Crippen molar-refractivity contribution in [1.29, 1.82) is 0 Å². The maximum absolute atomic E-state index is 14.1. The number of hydrogen-bond donors (Lipinski definition) is 1. The van der Waals surface area contributed by atoms with Gasteiger partial charge in [0.05, 0.1) is 22.0 Å². The van der Waals surface area contributed by atoms with Gasteiger partial charge < -0.3 is 19.3 Å². The van der Waals surface area contributed by atoms with Crippen molar-refractivity contribution in [3.05, 3.63) is 82.9 Å². The topological polar surface area (TPSA) is 94.7 Å². The molecule has 0 radical (unpaired) electrons.